The first-order valence-corrected chi connectivity index (χ1v) is 6.86. The maximum atomic E-state index is 4.46. The minimum absolute atomic E-state index is 0.548. The summed E-state index contributed by atoms with van der Waals surface area (Å²) in [5.74, 6) is 1.69. The molecule has 0 saturated carbocycles. The lowest BCUT2D eigenvalue weighted by atomic mass is 10.1. The summed E-state index contributed by atoms with van der Waals surface area (Å²) in [7, 11) is 0. The van der Waals surface area contributed by atoms with Gasteiger partial charge in [0.25, 0.3) is 0 Å². The highest BCUT2D eigenvalue weighted by atomic mass is 15.2. The molecule has 2 aromatic heterocycles. The van der Waals surface area contributed by atoms with E-state index < -0.39 is 0 Å². The molecule has 1 fully saturated rings. The zero-order valence-electron chi connectivity index (χ0n) is 11.6. The predicted molar refractivity (Wildman–Crippen MR) is 74.9 cm³/mol. The molecule has 100 valence electrons. The monoisotopic (exact) mass is 256 g/mol. The molecule has 0 spiro atoms. The molecule has 4 heteroatoms. The summed E-state index contributed by atoms with van der Waals surface area (Å²) in [4.78, 5) is 14.7. The van der Waals surface area contributed by atoms with E-state index in [1.54, 1.807) is 0 Å². The molecule has 2 aromatic rings. The standard InChI is InChI=1S/C15H20N4/c1-11-3-4-13(8-16-11)9-19-6-5-14(10-19)15-17-7-12(2)18-15/h3-4,7-8,14H,5-6,9-10H2,1-2H3,(H,17,18). The molecule has 1 unspecified atom stereocenters. The molecule has 1 aliphatic heterocycles. The summed E-state index contributed by atoms with van der Waals surface area (Å²) in [5.41, 5.74) is 3.52. The second-order valence-electron chi connectivity index (χ2n) is 5.48. The molecule has 0 aliphatic carbocycles. The number of aromatic nitrogens is 3. The average Bonchev–Trinajstić information content (AvgIpc) is 3.01. The van der Waals surface area contributed by atoms with Crippen LogP contribution in [0.3, 0.4) is 0 Å². The molecule has 0 radical (unpaired) electrons. The zero-order chi connectivity index (χ0) is 13.2. The Bertz CT molecular complexity index is 544. The van der Waals surface area contributed by atoms with Gasteiger partial charge >= 0.3 is 0 Å². The van der Waals surface area contributed by atoms with Crippen molar-refractivity contribution in [1.29, 1.82) is 0 Å². The SMILES string of the molecule is Cc1ccc(CN2CCC(c3ncc(C)[nH]3)C2)cn1. The van der Waals surface area contributed by atoms with Gasteiger partial charge in [-0.2, -0.15) is 0 Å². The fourth-order valence-electron chi connectivity index (χ4n) is 2.69. The third-order valence-electron chi connectivity index (χ3n) is 3.76. The van der Waals surface area contributed by atoms with Crippen LogP contribution < -0.4 is 0 Å². The third kappa shape index (κ3) is 2.84. The van der Waals surface area contributed by atoms with Gasteiger partial charge in [-0.1, -0.05) is 6.07 Å². The fraction of sp³-hybridized carbons (Fsp3) is 0.467. The van der Waals surface area contributed by atoms with Gasteiger partial charge in [0.1, 0.15) is 5.82 Å². The van der Waals surface area contributed by atoms with E-state index in [9.17, 15) is 0 Å². The Morgan fingerprint density at radius 1 is 1.26 bits per heavy atom. The number of hydrogen-bond donors (Lipinski definition) is 1. The maximum Gasteiger partial charge on any atom is 0.110 e. The molecule has 0 amide bonds. The first kappa shape index (κ1) is 12.4. The first-order chi connectivity index (χ1) is 9.20. The van der Waals surface area contributed by atoms with Crippen molar-refractivity contribution in [3.63, 3.8) is 0 Å². The largest absolute Gasteiger partial charge is 0.346 e. The molecule has 3 heterocycles. The van der Waals surface area contributed by atoms with Crippen LogP contribution in [0, 0.1) is 13.8 Å². The van der Waals surface area contributed by atoms with Crippen LogP contribution in [0.25, 0.3) is 0 Å². The minimum Gasteiger partial charge on any atom is -0.346 e. The number of nitrogens with zero attached hydrogens (tertiary/aromatic N) is 3. The molecule has 0 bridgehead atoms. The van der Waals surface area contributed by atoms with E-state index in [0.717, 1.165) is 36.8 Å². The summed E-state index contributed by atoms with van der Waals surface area (Å²) in [6.45, 7) is 7.29. The van der Waals surface area contributed by atoms with E-state index >= 15 is 0 Å². The molecular formula is C15H20N4. The summed E-state index contributed by atoms with van der Waals surface area (Å²) in [6, 6.07) is 4.26. The zero-order valence-corrected chi connectivity index (χ0v) is 11.6. The number of imidazole rings is 1. The number of nitrogens with one attached hydrogen (secondary N) is 1. The average molecular weight is 256 g/mol. The lowest BCUT2D eigenvalue weighted by Gasteiger charge is -2.15. The molecule has 3 rings (SSSR count). The Morgan fingerprint density at radius 3 is 2.84 bits per heavy atom. The number of aryl methyl sites for hydroxylation is 2. The van der Waals surface area contributed by atoms with E-state index in [-0.39, 0.29) is 0 Å². The van der Waals surface area contributed by atoms with Gasteiger partial charge < -0.3 is 4.98 Å². The number of likely N-dealkylation sites (tertiary alicyclic amines) is 1. The normalized spacial score (nSPS) is 20.0. The van der Waals surface area contributed by atoms with E-state index in [1.165, 1.54) is 12.0 Å². The third-order valence-corrected chi connectivity index (χ3v) is 3.76. The van der Waals surface area contributed by atoms with Crippen molar-refractivity contribution in [2.24, 2.45) is 0 Å². The number of H-pyrrole nitrogens is 1. The molecule has 1 aliphatic rings. The van der Waals surface area contributed by atoms with Crippen molar-refractivity contribution >= 4 is 0 Å². The lowest BCUT2D eigenvalue weighted by Crippen LogP contribution is -2.20. The van der Waals surface area contributed by atoms with Crippen LogP contribution in [0.5, 0.6) is 0 Å². The van der Waals surface area contributed by atoms with Crippen molar-refractivity contribution in [2.45, 2.75) is 32.7 Å². The number of pyridine rings is 1. The van der Waals surface area contributed by atoms with Gasteiger partial charge in [-0.3, -0.25) is 9.88 Å². The highest BCUT2D eigenvalue weighted by molar-refractivity contribution is 5.14. The Balaban J connectivity index is 1.61. The second-order valence-corrected chi connectivity index (χ2v) is 5.48. The highest BCUT2D eigenvalue weighted by Crippen LogP contribution is 2.26. The van der Waals surface area contributed by atoms with Crippen molar-refractivity contribution in [3.8, 4) is 0 Å². The van der Waals surface area contributed by atoms with Crippen LogP contribution in [0.2, 0.25) is 0 Å². The molecule has 1 N–H and O–H groups in total. The summed E-state index contributed by atoms with van der Waals surface area (Å²) >= 11 is 0. The quantitative estimate of drug-likeness (QED) is 0.917. The van der Waals surface area contributed by atoms with Crippen molar-refractivity contribution in [1.82, 2.24) is 19.9 Å². The Morgan fingerprint density at radius 2 is 2.16 bits per heavy atom. The topological polar surface area (TPSA) is 44.8 Å². The van der Waals surface area contributed by atoms with Crippen LogP contribution in [0.4, 0.5) is 0 Å². The maximum absolute atomic E-state index is 4.46. The first-order valence-electron chi connectivity index (χ1n) is 6.86. The molecule has 19 heavy (non-hydrogen) atoms. The molecule has 4 nitrogen and oxygen atoms in total. The molecule has 1 saturated heterocycles. The van der Waals surface area contributed by atoms with E-state index in [4.69, 9.17) is 0 Å². The predicted octanol–water partition coefficient (Wildman–Crippen LogP) is 2.41. The molecular weight excluding hydrogens is 236 g/mol. The van der Waals surface area contributed by atoms with Crippen molar-refractivity contribution < 1.29 is 0 Å². The molecule has 1 atom stereocenters. The van der Waals surface area contributed by atoms with Crippen LogP contribution in [0.1, 0.15) is 35.1 Å². The van der Waals surface area contributed by atoms with Gasteiger partial charge in [-0.15, -0.1) is 0 Å². The van der Waals surface area contributed by atoms with Gasteiger partial charge in [0.15, 0.2) is 0 Å². The number of rotatable bonds is 3. The Hall–Kier alpha value is -1.68. The molecule has 0 aromatic carbocycles. The van der Waals surface area contributed by atoms with Crippen LogP contribution in [0.15, 0.2) is 24.5 Å². The lowest BCUT2D eigenvalue weighted by molar-refractivity contribution is 0.325. The highest BCUT2D eigenvalue weighted by Gasteiger charge is 2.25. The minimum atomic E-state index is 0.548. The van der Waals surface area contributed by atoms with Crippen LogP contribution in [-0.4, -0.2) is 32.9 Å². The van der Waals surface area contributed by atoms with E-state index in [0.29, 0.717) is 5.92 Å². The van der Waals surface area contributed by atoms with Crippen LogP contribution in [-0.2, 0) is 6.54 Å². The van der Waals surface area contributed by atoms with Gasteiger partial charge in [0.05, 0.1) is 0 Å². The Labute approximate surface area is 113 Å². The van der Waals surface area contributed by atoms with E-state index in [2.05, 4.69) is 38.9 Å². The fourth-order valence-corrected chi connectivity index (χ4v) is 2.69. The summed E-state index contributed by atoms with van der Waals surface area (Å²) in [5, 5.41) is 0. The number of hydrogen-bond acceptors (Lipinski definition) is 3. The van der Waals surface area contributed by atoms with Crippen LogP contribution >= 0.6 is 0 Å². The van der Waals surface area contributed by atoms with E-state index in [1.807, 2.05) is 19.3 Å². The van der Waals surface area contributed by atoms with Gasteiger partial charge in [0.2, 0.25) is 0 Å². The van der Waals surface area contributed by atoms with Gasteiger partial charge in [-0.25, -0.2) is 4.98 Å². The van der Waals surface area contributed by atoms with Gasteiger partial charge in [0, 0.05) is 42.8 Å². The smallest absolute Gasteiger partial charge is 0.110 e. The second kappa shape index (κ2) is 5.13. The van der Waals surface area contributed by atoms with Gasteiger partial charge in [-0.05, 0) is 38.4 Å². The summed E-state index contributed by atoms with van der Waals surface area (Å²) in [6.07, 6.45) is 5.09. The Kier molecular flexibility index (Phi) is 3.34. The summed E-state index contributed by atoms with van der Waals surface area (Å²) < 4.78 is 0. The van der Waals surface area contributed by atoms with Crippen molar-refractivity contribution in [2.75, 3.05) is 13.1 Å². The van der Waals surface area contributed by atoms with Crippen molar-refractivity contribution in [3.05, 3.63) is 47.3 Å². The number of aromatic amines is 1.